The maximum absolute atomic E-state index is 11.3. The zero-order valence-corrected chi connectivity index (χ0v) is 15.2. The topological polar surface area (TPSA) is 98.8 Å². The van der Waals surface area contributed by atoms with Crippen LogP contribution in [0.3, 0.4) is 0 Å². The number of para-hydroxylation sites is 2. The molecule has 0 saturated carbocycles. The van der Waals surface area contributed by atoms with Gasteiger partial charge in [-0.1, -0.05) is 18.2 Å². The Morgan fingerprint density at radius 3 is 2.75 bits per heavy atom. The molecule has 0 bridgehead atoms. The van der Waals surface area contributed by atoms with Crippen molar-refractivity contribution in [2.24, 2.45) is 10.1 Å². The van der Waals surface area contributed by atoms with Crippen LogP contribution in [0.5, 0.6) is 0 Å². The van der Waals surface area contributed by atoms with E-state index in [1.165, 1.54) is 17.4 Å². The first-order chi connectivity index (χ1) is 13.7. The minimum atomic E-state index is -0.457. The first kappa shape index (κ1) is 17.6. The Hall–Kier alpha value is -3.85. The number of hydrogen-bond acceptors (Lipinski definition) is 7. The van der Waals surface area contributed by atoms with E-state index in [1.54, 1.807) is 47.6 Å². The third kappa shape index (κ3) is 3.64. The van der Waals surface area contributed by atoms with Crippen molar-refractivity contribution in [2.75, 3.05) is 0 Å². The second-order valence-corrected chi connectivity index (χ2v) is 6.39. The molecule has 3 heterocycles. The maximum atomic E-state index is 11.3. The molecule has 0 spiro atoms. The molecule has 9 heteroatoms. The number of aromatic nitrogens is 2. The van der Waals surface area contributed by atoms with Crippen LogP contribution in [0.25, 0.3) is 11.5 Å². The molecule has 0 saturated heterocycles. The fourth-order valence-electron chi connectivity index (χ4n) is 2.47. The van der Waals surface area contributed by atoms with E-state index in [-0.39, 0.29) is 11.4 Å². The van der Waals surface area contributed by atoms with Crippen LogP contribution in [0.15, 0.2) is 86.9 Å². The van der Waals surface area contributed by atoms with Gasteiger partial charge in [0.1, 0.15) is 11.4 Å². The average molecular weight is 391 g/mol. The molecular weight excluding hydrogens is 378 g/mol. The lowest BCUT2D eigenvalue weighted by Crippen LogP contribution is -2.11. The molecule has 0 aliphatic heterocycles. The van der Waals surface area contributed by atoms with Crippen molar-refractivity contribution in [1.82, 2.24) is 9.66 Å². The fraction of sp³-hybridized carbons (Fsp3) is 0. The normalized spacial score (nSPS) is 11.9. The zero-order chi connectivity index (χ0) is 19.3. The highest BCUT2D eigenvalue weighted by atomic mass is 32.1. The van der Waals surface area contributed by atoms with Gasteiger partial charge in [-0.25, -0.2) is 9.67 Å². The predicted octanol–water partition coefficient (Wildman–Crippen LogP) is 4.23. The second-order valence-electron chi connectivity index (χ2n) is 5.55. The highest BCUT2D eigenvalue weighted by molar-refractivity contribution is 7.07. The van der Waals surface area contributed by atoms with E-state index >= 15 is 0 Å². The van der Waals surface area contributed by atoms with Crippen LogP contribution in [-0.4, -0.2) is 20.8 Å². The smallest absolute Gasteiger partial charge is 0.294 e. The van der Waals surface area contributed by atoms with Crippen LogP contribution in [0.2, 0.25) is 0 Å². The molecule has 1 aromatic carbocycles. The number of rotatable bonds is 5. The highest BCUT2D eigenvalue weighted by Gasteiger charge is 2.14. The van der Waals surface area contributed by atoms with Crippen molar-refractivity contribution in [3.8, 4) is 11.5 Å². The second kappa shape index (κ2) is 7.80. The molecule has 0 amide bonds. The fourth-order valence-corrected chi connectivity index (χ4v) is 3.30. The lowest BCUT2D eigenvalue weighted by Gasteiger charge is -2.01. The van der Waals surface area contributed by atoms with Crippen LogP contribution in [0, 0.1) is 10.1 Å². The third-order valence-electron chi connectivity index (χ3n) is 3.75. The molecule has 4 rings (SSSR count). The third-order valence-corrected chi connectivity index (χ3v) is 4.56. The highest BCUT2D eigenvalue weighted by Crippen LogP contribution is 2.27. The quantitative estimate of drug-likeness (QED) is 0.289. The lowest BCUT2D eigenvalue weighted by atomic mass is 10.3. The molecule has 0 aliphatic rings. The Kier molecular flexibility index (Phi) is 4.89. The molecule has 0 unspecified atom stereocenters. The molecule has 3 aromatic heterocycles. The molecular formula is C19H13N5O3S. The predicted molar refractivity (Wildman–Crippen MR) is 106 cm³/mol. The van der Waals surface area contributed by atoms with Crippen molar-refractivity contribution >= 4 is 28.9 Å². The molecule has 0 fully saturated rings. The summed E-state index contributed by atoms with van der Waals surface area (Å²) in [6.45, 7) is 0. The Morgan fingerprint density at radius 1 is 1.14 bits per heavy atom. The summed E-state index contributed by atoms with van der Waals surface area (Å²) in [4.78, 5) is 20.0. The number of nitro groups is 1. The molecule has 138 valence electrons. The van der Waals surface area contributed by atoms with Gasteiger partial charge in [0, 0.05) is 17.6 Å². The van der Waals surface area contributed by atoms with E-state index in [1.807, 2.05) is 29.6 Å². The van der Waals surface area contributed by atoms with Crippen molar-refractivity contribution in [3.63, 3.8) is 0 Å². The van der Waals surface area contributed by atoms with Gasteiger partial charge in [0.05, 0.1) is 23.1 Å². The molecule has 28 heavy (non-hydrogen) atoms. The summed E-state index contributed by atoms with van der Waals surface area (Å²) in [7, 11) is 0. The van der Waals surface area contributed by atoms with Gasteiger partial charge in [-0.15, -0.1) is 11.3 Å². The maximum Gasteiger partial charge on any atom is 0.294 e. The number of benzene rings is 1. The van der Waals surface area contributed by atoms with E-state index in [0.717, 1.165) is 0 Å². The summed E-state index contributed by atoms with van der Waals surface area (Å²) >= 11 is 1.30. The molecule has 0 radical (unpaired) electrons. The Bertz CT molecular complexity index is 1190. The first-order valence-corrected chi connectivity index (χ1v) is 9.08. The van der Waals surface area contributed by atoms with E-state index in [4.69, 9.17) is 4.42 Å². The van der Waals surface area contributed by atoms with Crippen LogP contribution in [0.4, 0.5) is 11.4 Å². The minimum Gasteiger partial charge on any atom is -0.463 e. The zero-order valence-electron chi connectivity index (χ0n) is 14.4. The molecule has 0 aliphatic carbocycles. The molecule has 8 nitrogen and oxygen atoms in total. The summed E-state index contributed by atoms with van der Waals surface area (Å²) in [6, 6.07) is 15.4. The van der Waals surface area contributed by atoms with Gasteiger partial charge >= 0.3 is 0 Å². The summed E-state index contributed by atoms with van der Waals surface area (Å²) in [5, 5.41) is 17.6. The largest absolute Gasteiger partial charge is 0.463 e. The van der Waals surface area contributed by atoms with Crippen molar-refractivity contribution in [2.45, 2.75) is 0 Å². The lowest BCUT2D eigenvalue weighted by molar-refractivity contribution is -0.384. The molecule has 4 aromatic rings. The Balaban J connectivity index is 1.87. The van der Waals surface area contributed by atoms with E-state index in [0.29, 0.717) is 21.9 Å². The van der Waals surface area contributed by atoms with Crippen LogP contribution < -0.4 is 4.80 Å². The van der Waals surface area contributed by atoms with Gasteiger partial charge in [0.15, 0.2) is 5.76 Å². The number of pyridine rings is 1. The van der Waals surface area contributed by atoms with Gasteiger partial charge in [0.2, 0.25) is 4.80 Å². The SMILES string of the molecule is O=[N+]([O-])c1ccccc1N=c1scc(-c2ccco2)n1N=Cc1ccccn1. The number of nitrogens with zero attached hydrogens (tertiary/aromatic N) is 5. The first-order valence-electron chi connectivity index (χ1n) is 8.20. The van der Waals surface area contributed by atoms with Crippen LogP contribution in [0.1, 0.15) is 5.69 Å². The van der Waals surface area contributed by atoms with E-state index < -0.39 is 4.92 Å². The van der Waals surface area contributed by atoms with E-state index in [2.05, 4.69) is 15.1 Å². The van der Waals surface area contributed by atoms with Gasteiger partial charge < -0.3 is 4.42 Å². The van der Waals surface area contributed by atoms with Gasteiger partial charge in [0.25, 0.3) is 5.69 Å². The summed E-state index contributed by atoms with van der Waals surface area (Å²) < 4.78 is 7.06. The molecule has 0 N–H and O–H groups in total. The van der Waals surface area contributed by atoms with Gasteiger partial charge in [-0.05, 0) is 30.3 Å². The van der Waals surface area contributed by atoms with Gasteiger partial charge in [-0.2, -0.15) is 5.10 Å². The van der Waals surface area contributed by atoms with Gasteiger partial charge in [-0.3, -0.25) is 15.1 Å². The van der Waals surface area contributed by atoms with Crippen molar-refractivity contribution in [1.29, 1.82) is 0 Å². The summed E-state index contributed by atoms with van der Waals surface area (Å²) in [5.74, 6) is 0.610. The number of thiazole rings is 1. The van der Waals surface area contributed by atoms with Crippen molar-refractivity contribution < 1.29 is 9.34 Å². The van der Waals surface area contributed by atoms with Crippen molar-refractivity contribution in [3.05, 3.63) is 93.0 Å². The summed E-state index contributed by atoms with van der Waals surface area (Å²) in [5.41, 5.74) is 1.53. The molecule has 0 atom stereocenters. The summed E-state index contributed by atoms with van der Waals surface area (Å²) in [6.07, 6.45) is 4.84. The number of hydrogen-bond donors (Lipinski definition) is 0. The average Bonchev–Trinajstić information content (AvgIpc) is 3.37. The van der Waals surface area contributed by atoms with Crippen LogP contribution >= 0.6 is 11.3 Å². The Morgan fingerprint density at radius 2 is 2.00 bits per heavy atom. The number of furan rings is 1. The number of nitro benzene ring substituents is 1. The standard InChI is InChI=1S/C19H13N5O3S/c25-24(26)16-8-2-1-7-15(16)22-19-23(21-12-14-6-3-4-10-20-14)17(13-28-19)18-9-5-11-27-18/h1-13H. The van der Waals surface area contributed by atoms with Crippen LogP contribution in [-0.2, 0) is 0 Å². The van der Waals surface area contributed by atoms with E-state index in [9.17, 15) is 10.1 Å². The monoisotopic (exact) mass is 391 g/mol. The Labute approximate surface area is 162 Å². The minimum absolute atomic E-state index is 0.0734.